The fourth-order valence-electron chi connectivity index (χ4n) is 2.10. The maximum atomic E-state index is 5.99. The van der Waals surface area contributed by atoms with Crippen molar-refractivity contribution in [1.82, 2.24) is 4.90 Å². The molecule has 1 atom stereocenters. The zero-order valence-corrected chi connectivity index (χ0v) is 14.5. The summed E-state index contributed by atoms with van der Waals surface area (Å²) >= 11 is 0. The van der Waals surface area contributed by atoms with E-state index < -0.39 is 0 Å². The molecule has 114 valence electrons. The highest BCUT2D eigenvalue weighted by molar-refractivity contribution is 14.0. The highest BCUT2D eigenvalue weighted by Gasteiger charge is 2.17. The van der Waals surface area contributed by atoms with Crippen molar-refractivity contribution in [2.45, 2.75) is 26.2 Å². The number of methoxy groups -OCH3 is 1. The molecule has 0 saturated carbocycles. The van der Waals surface area contributed by atoms with Gasteiger partial charge in [-0.2, -0.15) is 0 Å². The minimum absolute atomic E-state index is 0. The summed E-state index contributed by atoms with van der Waals surface area (Å²) in [6, 6.07) is 0. The van der Waals surface area contributed by atoms with E-state index in [0.717, 1.165) is 38.6 Å². The highest BCUT2D eigenvalue weighted by Crippen LogP contribution is 2.14. The van der Waals surface area contributed by atoms with Gasteiger partial charge in [0.25, 0.3) is 0 Å². The molecule has 1 rings (SSSR count). The predicted octanol–water partition coefficient (Wildman–Crippen LogP) is 1.70. The maximum absolute atomic E-state index is 5.99. The van der Waals surface area contributed by atoms with Crippen LogP contribution in [0.15, 0.2) is 4.99 Å². The number of nitrogens with two attached hydrogens (primary N) is 1. The average molecular weight is 385 g/mol. The van der Waals surface area contributed by atoms with Gasteiger partial charge in [-0.15, -0.1) is 24.0 Å². The summed E-state index contributed by atoms with van der Waals surface area (Å²) in [6.45, 7) is 7.11. The molecule has 0 amide bonds. The molecule has 0 aliphatic carbocycles. The number of aliphatic imine (C=N–C) groups is 1. The summed E-state index contributed by atoms with van der Waals surface area (Å²) in [5.74, 6) is 1.42. The Balaban J connectivity index is 0.00000324. The lowest BCUT2D eigenvalue weighted by Gasteiger charge is -2.31. The van der Waals surface area contributed by atoms with Crippen molar-refractivity contribution in [3.63, 3.8) is 0 Å². The molecule has 1 aliphatic heterocycles. The zero-order valence-electron chi connectivity index (χ0n) is 12.1. The first kappa shape index (κ1) is 18.9. The number of piperidine rings is 1. The fourth-order valence-corrected chi connectivity index (χ4v) is 2.10. The Bertz CT molecular complexity index is 252. The third-order valence-electron chi connectivity index (χ3n) is 3.13. The molecule has 0 bridgehead atoms. The second kappa shape index (κ2) is 11.7. The SMILES string of the molecule is COCCOCCCN=C(N)N1CCCC(C)C1.I. The van der Waals surface area contributed by atoms with Crippen molar-refractivity contribution in [2.75, 3.05) is 46.6 Å². The normalized spacial score (nSPS) is 20.2. The molecular formula is C13H28IN3O2. The van der Waals surface area contributed by atoms with E-state index in [-0.39, 0.29) is 24.0 Å². The van der Waals surface area contributed by atoms with E-state index in [1.807, 2.05) is 0 Å². The van der Waals surface area contributed by atoms with Crippen LogP contribution in [-0.2, 0) is 9.47 Å². The summed E-state index contributed by atoms with van der Waals surface area (Å²) in [7, 11) is 1.67. The molecular weight excluding hydrogens is 357 g/mol. The number of nitrogens with zero attached hydrogens (tertiary/aromatic N) is 2. The molecule has 1 aliphatic rings. The van der Waals surface area contributed by atoms with E-state index in [2.05, 4.69) is 16.8 Å². The van der Waals surface area contributed by atoms with Crippen molar-refractivity contribution >= 4 is 29.9 Å². The van der Waals surface area contributed by atoms with Gasteiger partial charge in [-0.1, -0.05) is 6.92 Å². The van der Waals surface area contributed by atoms with Crippen LogP contribution >= 0.6 is 24.0 Å². The van der Waals surface area contributed by atoms with Crippen LogP contribution in [0.4, 0.5) is 0 Å². The molecule has 0 aromatic carbocycles. The Morgan fingerprint density at radius 1 is 1.37 bits per heavy atom. The minimum atomic E-state index is 0. The Labute approximate surface area is 133 Å². The lowest BCUT2D eigenvalue weighted by atomic mass is 10.0. The number of halogens is 1. The van der Waals surface area contributed by atoms with Gasteiger partial charge in [0.15, 0.2) is 5.96 Å². The maximum Gasteiger partial charge on any atom is 0.191 e. The van der Waals surface area contributed by atoms with Gasteiger partial charge in [0.1, 0.15) is 0 Å². The molecule has 0 radical (unpaired) electrons. The summed E-state index contributed by atoms with van der Waals surface area (Å²) in [6.07, 6.45) is 3.43. The second-order valence-electron chi connectivity index (χ2n) is 4.89. The fraction of sp³-hybridized carbons (Fsp3) is 0.923. The van der Waals surface area contributed by atoms with Crippen LogP contribution in [0.1, 0.15) is 26.2 Å². The molecule has 2 N–H and O–H groups in total. The first-order valence-corrected chi connectivity index (χ1v) is 6.85. The summed E-state index contributed by atoms with van der Waals surface area (Å²) in [5.41, 5.74) is 5.99. The molecule has 1 fully saturated rings. The number of hydrogen-bond donors (Lipinski definition) is 1. The van der Waals surface area contributed by atoms with E-state index >= 15 is 0 Å². The number of ether oxygens (including phenoxy) is 2. The molecule has 0 spiro atoms. The molecule has 0 aromatic rings. The van der Waals surface area contributed by atoms with Crippen LogP contribution in [0.5, 0.6) is 0 Å². The largest absolute Gasteiger partial charge is 0.382 e. The van der Waals surface area contributed by atoms with Crippen molar-refractivity contribution in [3.8, 4) is 0 Å². The van der Waals surface area contributed by atoms with Crippen LogP contribution in [0.2, 0.25) is 0 Å². The van der Waals surface area contributed by atoms with Crippen LogP contribution in [-0.4, -0.2) is 57.4 Å². The van der Waals surface area contributed by atoms with Gasteiger partial charge < -0.3 is 20.1 Å². The third kappa shape index (κ3) is 8.65. The van der Waals surface area contributed by atoms with Gasteiger partial charge in [0, 0.05) is 33.4 Å². The van der Waals surface area contributed by atoms with Gasteiger partial charge in [0.05, 0.1) is 13.2 Å². The molecule has 5 nitrogen and oxygen atoms in total. The van der Waals surface area contributed by atoms with E-state index in [4.69, 9.17) is 15.2 Å². The first-order chi connectivity index (χ1) is 8.74. The molecule has 0 aromatic heterocycles. The second-order valence-corrected chi connectivity index (χ2v) is 4.89. The smallest absolute Gasteiger partial charge is 0.191 e. The number of guanidine groups is 1. The van der Waals surface area contributed by atoms with Gasteiger partial charge in [0.2, 0.25) is 0 Å². The highest BCUT2D eigenvalue weighted by atomic mass is 127. The summed E-state index contributed by atoms with van der Waals surface area (Å²) in [4.78, 5) is 6.60. The number of likely N-dealkylation sites (tertiary alicyclic amines) is 1. The quantitative estimate of drug-likeness (QED) is 0.314. The number of rotatable bonds is 7. The van der Waals surface area contributed by atoms with Crippen LogP contribution in [0.25, 0.3) is 0 Å². The van der Waals surface area contributed by atoms with Gasteiger partial charge in [-0.25, -0.2) is 0 Å². The lowest BCUT2D eigenvalue weighted by Crippen LogP contribution is -2.43. The topological polar surface area (TPSA) is 60.1 Å². The van der Waals surface area contributed by atoms with E-state index in [0.29, 0.717) is 19.2 Å². The summed E-state index contributed by atoms with van der Waals surface area (Å²) < 4.78 is 10.3. The Morgan fingerprint density at radius 3 is 2.84 bits per heavy atom. The average Bonchev–Trinajstić information content (AvgIpc) is 2.37. The molecule has 19 heavy (non-hydrogen) atoms. The van der Waals surface area contributed by atoms with Gasteiger partial charge in [-0.05, 0) is 25.2 Å². The molecule has 1 heterocycles. The van der Waals surface area contributed by atoms with Crippen LogP contribution < -0.4 is 5.73 Å². The molecule has 1 unspecified atom stereocenters. The van der Waals surface area contributed by atoms with Crippen molar-refractivity contribution in [1.29, 1.82) is 0 Å². The Morgan fingerprint density at radius 2 is 2.16 bits per heavy atom. The predicted molar refractivity (Wildman–Crippen MR) is 89.2 cm³/mol. The van der Waals surface area contributed by atoms with Gasteiger partial charge >= 0.3 is 0 Å². The first-order valence-electron chi connectivity index (χ1n) is 6.85. The van der Waals surface area contributed by atoms with Crippen molar-refractivity contribution in [2.24, 2.45) is 16.6 Å². The van der Waals surface area contributed by atoms with Crippen molar-refractivity contribution < 1.29 is 9.47 Å². The Kier molecular flexibility index (Phi) is 11.7. The van der Waals surface area contributed by atoms with Crippen LogP contribution in [0.3, 0.4) is 0 Å². The zero-order chi connectivity index (χ0) is 13.2. The van der Waals surface area contributed by atoms with E-state index in [9.17, 15) is 0 Å². The lowest BCUT2D eigenvalue weighted by molar-refractivity contribution is 0.0702. The minimum Gasteiger partial charge on any atom is -0.382 e. The molecule has 6 heteroatoms. The standard InChI is InChI=1S/C13H27N3O2.HI/c1-12-5-3-7-16(11-12)13(14)15-6-4-8-18-10-9-17-2;/h12H,3-11H2,1-2H3,(H2,14,15);1H. The number of hydrogen-bond acceptors (Lipinski definition) is 3. The van der Waals surface area contributed by atoms with E-state index in [1.165, 1.54) is 12.8 Å². The summed E-state index contributed by atoms with van der Waals surface area (Å²) in [5, 5.41) is 0. The monoisotopic (exact) mass is 385 g/mol. The third-order valence-corrected chi connectivity index (χ3v) is 3.13. The molecule has 1 saturated heterocycles. The van der Waals surface area contributed by atoms with Crippen molar-refractivity contribution in [3.05, 3.63) is 0 Å². The van der Waals surface area contributed by atoms with E-state index in [1.54, 1.807) is 7.11 Å². The van der Waals surface area contributed by atoms with Crippen LogP contribution in [0, 0.1) is 5.92 Å². The van der Waals surface area contributed by atoms with Gasteiger partial charge in [-0.3, -0.25) is 4.99 Å². The Hall–Kier alpha value is -0.0800.